The maximum absolute atomic E-state index is 13.1. The van der Waals surface area contributed by atoms with Crippen LogP contribution in [0.1, 0.15) is 30.4 Å². The minimum atomic E-state index is -4.43. The molecule has 3 aromatic carbocycles. The Labute approximate surface area is 216 Å². The molecule has 0 radical (unpaired) electrons. The summed E-state index contributed by atoms with van der Waals surface area (Å²) in [5, 5.41) is 6.12. The Morgan fingerprint density at radius 2 is 1.84 bits per heavy atom. The zero-order valence-electron chi connectivity index (χ0n) is 20.5. The molecule has 6 rings (SSSR count). The predicted octanol–water partition coefficient (Wildman–Crippen LogP) is 6.57. The molecule has 0 saturated carbocycles. The fourth-order valence-corrected chi connectivity index (χ4v) is 5.05. The summed E-state index contributed by atoms with van der Waals surface area (Å²) < 4.78 is 51.2. The molecular weight excluding hydrogens is 497 g/mol. The van der Waals surface area contributed by atoms with Gasteiger partial charge in [-0.25, -0.2) is 4.98 Å². The molecule has 7 nitrogen and oxygen atoms in total. The first kappa shape index (κ1) is 24.3. The number of carbonyl (C=O) groups excluding carboxylic acids is 1. The fourth-order valence-electron chi connectivity index (χ4n) is 5.05. The Morgan fingerprint density at radius 1 is 1.03 bits per heavy atom. The number of aromatic amines is 1. The van der Waals surface area contributed by atoms with Gasteiger partial charge in [-0.05, 0) is 66.1 Å². The average molecular weight is 523 g/mol. The molecule has 38 heavy (non-hydrogen) atoms. The molecule has 4 aromatic rings. The number of rotatable bonds is 3. The molecule has 10 heteroatoms. The van der Waals surface area contributed by atoms with Gasteiger partial charge < -0.3 is 25.1 Å². The van der Waals surface area contributed by atoms with Gasteiger partial charge in [0.2, 0.25) is 11.9 Å². The Kier molecular flexibility index (Phi) is 5.79. The lowest BCUT2D eigenvalue weighted by molar-refractivity contribution is -0.137. The first-order chi connectivity index (χ1) is 18.2. The van der Waals surface area contributed by atoms with E-state index in [1.807, 2.05) is 43.3 Å². The number of anilines is 3. The van der Waals surface area contributed by atoms with Crippen molar-refractivity contribution in [2.45, 2.75) is 38.0 Å². The highest BCUT2D eigenvalue weighted by Gasteiger charge is 2.40. The van der Waals surface area contributed by atoms with Gasteiger partial charge in [0.25, 0.3) is 0 Å². The van der Waals surface area contributed by atoms with Gasteiger partial charge in [-0.1, -0.05) is 12.1 Å². The Morgan fingerprint density at radius 3 is 2.63 bits per heavy atom. The number of ether oxygens (including phenoxy) is 2. The molecule has 2 aliphatic rings. The van der Waals surface area contributed by atoms with Gasteiger partial charge >= 0.3 is 6.18 Å². The minimum Gasteiger partial charge on any atom is -0.484 e. The number of hydrogen-bond acceptors (Lipinski definition) is 5. The lowest BCUT2D eigenvalue weighted by Gasteiger charge is -2.35. The largest absolute Gasteiger partial charge is 0.484 e. The van der Waals surface area contributed by atoms with Crippen LogP contribution in [0.15, 0.2) is 54.6 Å². The van der Waals surface area contributed by atoms with Crippen molar-refractivity contribution in [2.24, 2.45) is 0 Å². The molecule has 0 atom stereocenters. The number of aryl methyl sites for hydroxylation is 1. The van der Waals surface area contributed by atoms with E-state index in [2.05, 4.69) is 20.6 Å². The van der Waals surface area contributed by atoms with Gasteiger partial charge in [0.05, 0.1) is 41.9 Å². The van der Waals surface area contributed by atoms with Gasteiger partial charge in [-0.3, -0.25) is 4.79 Å². The summed E-state index contributed by atoms with van der Waals surface area (Å²) in [6.45, 7) is 3.09. The predicted molar refractivity (Wildman–Crippen MR) is 138 cm³/mol. The maximum atomic E-state index is 13.1. The number of hydrogen-bond donors (Lipinski definition) is 3. The van der Waals surface area contributed by atoms with Crippen molar-refractivity contribution in [1.29, 1.82) is 0 Å². The van der Waals surface area contributed by atoms with E-state index in [0.29, 0.717) is 60.2 Å². The molecule has 0 aliphatic carbocycles. The topological polar surface area (TPSA) is 88.3 Å². The van der Waals surface area contributed by atoms with Crippen molar-refractivity contribution in [2.75, 3.05) is 23.8 Å². The zero-order chi connectivity index (χ0) is 26.5. The number of nitrogens with one attached hydrogen (secondary N) is 3. The van der Waals surface area contributed by atoms with Crippen LogP contribution in [-0.2, 0) is 15.7 Å². The number of nitrogens with zero attached hydrogens (tertiary/aromatic N) is 1. The van der Waals surface area contributed by atoms with Crippen molar-refractivity contribution >= 4 is 34.3 Å². The maximum Gasteiger partial charge on any atom is 0.416 e. The monoisotopic (exact) mass is 522 g/mol. The van der Waals surface area contributed by atoms with E-state index in [1.54, 1.807) is 0 Å². The van der Waals surface area contributed by atoms with Crippen LogP contribution in [0.25, 0.3) is 22.2 Å². The van der Waals surface area contributed by atoms with E-state index in [-0.39, 0.29) is 12.3 Å². The molecule has 196 valence electrons. The summed E-state index contributed by atoms with van der Waals surface area (Å²) in [6.07, 6.45) is -2.86. The van der Waals surface area contributed by atoms with E-state index in [0.717, 1.165) is 28.8 Å². The number of fused-ring (bicyclic) bond motifs is 2. The zero-order valence-corrected chi connectivity index (χ0v) is 20.5. The summed E-state index contributed by atoms with van der Waals surface area (Å²) in [6, 6.07) is 14.9. The highest BCUT2D eigenvalue weighted by atomic mass is 19.4. The van der Waals surface area contributed by atoms with Gasteiger partial charge in [-0.15, -0.1) is 0 Å². The molecule has 1 amide bonds. The molecule has 3 N–H and O–H groups in total. The summed E-state index contributed by atoms with van der Waals surface area (Å²) >= 11 is 0. The number of amides is 1. The van der Waals surface area contributed by atoms with Crippen LogP contribution in [0.2, 0.25) is 0 Å². The molecule has 1 aromatic heterocycles. The number of aromatic nitrogens is 2. The smallest absolute Gasteiger partial charge is 0.416 e. The SMILES string of the molecule is Cc1ccc(Nc2nc3ccc(C(F)(F)F)cc3[nH]2)cc1-c1ccc2c(c1)OC1(CCOCC1)CC(=O)N2. The summed E-state index contributed by atoms with van der Waals surface area (Å²) in [7, 11) is 0. The second kappa shape index (κ2) is 9.05. The number of benzene rings is 3. The van der Waals surface area contributed by atoms with E-state index < -0.39 is 17.3 Å². The Balaban J connectivity index is 1.30. The average Bonchev–Trinajstić information content (AvgIpc) is 3.21. The molecule has 0 bridgehead atoms. The van der Waals surface area contributed by atoms with E-state index in [4.69, 9.17) is 9.47 Å². The second-order valence-corrected chi connectivity index (χ2v) is 9.80. The lowest BCUT2D eigenvalue weighted by atomic mass is 9.90. The molecule has 1 spiro atoms. The lowest BCUT2D eigenvalue weighted by Crippen LogP contribution is -2.43. The molecule has 0 unspecified atom stereocenters. The van der Waals surface area contributed by atoms with Crippen LogP contribution in [0, 0.1) is 6.92 Å². The molecular formula is C28H25F3N4O3. The van der Waals surface area contributed by atoms with Crippen LogP contribution in [0.5, 0.6) is 5.75 Å². The highest BCUT2D eigenvalue weighted by molar-refractivity contribution is 5.94. The number of H-pyrrole nitrogens is 1. The standard InChI is InChI=1S/C28H25F3N4O3/c1-16-2-5-19(32-26-34-21-7-4-18(28(29,30)31)13-23(21)35-26)14-20(16)17-3-6-22-24(12-17)38-27(15-25(36)33-22)8-10-37-11-9-27/h2-7,12-14H,8-11,15H2,1H3,(H,33,36)(H2,32,34,35). The molecule has 2 aliphatic heterocycles. The quantitative estimate of drug-likeness (QED) is 0.283. The number of alkyl halides is 3. The first-order valence-corrected chi connectivity index (χ1v) is 12.3. The van der Waals surface area contributed by atoms with Crippen LogP contribution in [0.4, 0.5) is 30.5 Å². The molecule has 1 saturated heterocycles. The van der Waals surface area contributed by atoms with Crippen molar-refractivity contribution < 1.29 is 27.4 Å². The normalized spacial score (nSPS) is 17.0. The van der Waals surface area contributed by atoms with Crippen LogP contribution in [0.3, 0.4) is 0 Å². The Bertz CT molecular complexity index is 1540. The van der Waals surface area contributed by atoms with E-state index in [9.17, 15) is 18.0 Å². The van der Waals surface area contributed by atoms with Crippen molar-refractivity contribution in [3.63, 3.8) is 0 Å². The van der Waals surface area contributed by atoms with Crippen molar-refractivity contribution in [3.8, 4) is 16.9 Å². The number of carbonyl (C=O) groups is 1. The third-order valence-electron chi connectivity index (χ3n) is 7.09. The van der Waals surface area contributed by atoms with Crippen molar-refractivity contribution in [1.82, 2.24) is 9.97 Å². The van der Waals surface area contributed by atoms with Crippen molar-refractivity contribution in [3.05, 3.63) is 65.7 Å². The molecule has 3 heterocycles. The second-order valence-electron chi connectivity index (χ2n) is 9.80. The van der Waals surface area contributed by atoms with E-state index in [1.165, 1.54) is 6.07 Å². The third-order valence-corrected chi connectivity index (χ3v) is 7.09. The fraction of sp³-hybridized carbons (Fsp3) is 0.286. The summed E-state index contributed by atoms with van der Waals surface area (Å²) in [4.78, 5) is 19.9. The number of halogens is 3. The summed E-state index contributed by atoms with van der Waals surface area (Å²) in [5.41, 5.74) is 3.62. The third kappa shape index (κ3) is 4.67. The van der Waals surface area contributed by atoms with Crippen LogP contribution in [-0.4, -0.2) is 34.7 Å². The molecule has 1 fully saturated rings. The van der Waals surface area contributed by atoms with Crippen LogP contribution < -0.4 is 15.4 Å². The van der Waals surface area contributed by atoms with Gasteiger partial charge in [0, 0.05) is 18.5 Å². The highest BCUT2D eigenvalue weighted by Crippen LogP contribution is 2.41. The van der Waals surface area contributed by atoms with Crippen LogP contribution >= 0.6 is 0 Å². The summed E-state index contributed by atoms with van der Waals surface area (Å²) in [5.74, 6) is 0.878. The van der Waals surface area contributed by atoms with E-state index >= 15 is 0 Å². The van der Waals surface area contributed by atoms with Gasteiger partial charge in [0.15, 0.2) is 0 Å². The minimum absolute atomic E-state index is 0.0750. The van der Waals surface area contributed by atoms with Gasteiger partial charge in [0.1, 0.15) is 11.4 Å². The van der Waals surface area contributed by atoms with Gasteiger partial charge in [-0.2, -0.15) is 13.2 Å². The Hall–Kier alpha value is -4.05. The number of imidazole rings is 1. The first-order valence-electron chi connectivity index (χ1n) is 12.3.